The van der Waals surface area contributed by atoms with Crippen molar-refractivity contribution in [2.45, 2.75) is 51.4 Å². The number of fused-ring (bicyclic) bond motifs is 5. The van der Waals surface area contributed by atoms with Crippen molar-refractivity contribution in [2.24, 2.45) is 17.3 Å². The second-order valence-electron chi connectivity index (χ2n) is 7.98. The van der Waals surface area contributed by atoms with Gasteiger partial charge in [0.15, 0.2) is 0 Å². The zero-order valence-electron chi connectivity index (χ0n) is 14.2. The highest BCUT2D eigenvalue weighted by molar-refractivity contribution is 7.86. The van der Waals surface area contributed by atoms with Gasteiger partial charge in [-0.3, -0.25) is 4.79 Å². The summed E-state index contributed by atoms with van der Waals surface area (Å²) in [5.74, 6) is 2.48. The lowest BCUT2D eigenvalue weighted by atomic mass is 9.55. The normalized spacial score (nSPS) is 35.1. The molecule has 5 heteroatoms. The van der Waals surface area contributed by atoms with Crippen molar-refractivity contribution in [3.63, 3.8) is 0 Å². The Kier molecular flexibility index (Phi) is 3.57. The smallest absolute Gasteiger partial charge is 0.306 e. The van der Waals surface area contributed by atoms with E-state index in [1.165, 1.54) is 11.1 Å². The number of Topliss-reactive ketones (excluding diaryl/α,β-unsaturated/α-hetero) is 1. The Balaban J connectivity index is 1.65. The summed E-state index contributed by atoms with van der Waals surface area (Å²) in [7, 11) is -3.49. The monoisotopic (exact) mass is 348 g/mol. The Labute approximate surface area is 143 Å². The van der Waals surface area contributed by atoms with Gasteiger partial charge in [-0.1, -0.05) is 13.0 Å². The fraction of sp³-hybridized carbons (Fsp3) is 0.632. The number of ketones is 1. The van der Waals surface area contributed by atoms with E-state index in [-0.39, 0.29) is 5.41 Å². The third-order valence-corrected chi connectivity index (χ3v) is 7.15. The minimum atomic E-state index is -3.49. The Hall–Kier alpha value is -1.36. The van der Waals surface area contributed by atoms with Gasteiger partial charge in [-0.25, -0.2) is 0 Å². The predicted octanol–water partition coefficient (Wildman–Crippen LogP) is 3.45. The lowest BCUT2D eigenvalue weighted by Gasteiger charge is -2.48. The van der Waals surface area contributed by atoms with Crippen LogP contribution in [0.15, 0.2) is 18.2 Å². The zero-order chi connectivity index (χ0) is 17.1. The summed E-state index contributed by atoms with van der Waals surface area (Å²) in [6.07, 6.45) is 6.94. The molecule has 4 atom stereocenters. The van der Waals surface area contributed by atoms with E-state index < -0.39 is 10.1 Å². The van der Waals surface area contributed by atoms with Crippen LogP contribution < -0.4 is 4.18 Å². The average molecular weight is 348 g/mol. The molecule has 130 valence electrons. The molecule has 0 amide bonds. The van der Waals surface area contributed by atoms with Gasteiger partial charge in [0, 0.05) is 11.8 Å². The van der Waals surface area contributed by atoms with Gasteiger partial charge in [-0.05, 0) is 73.1 Å². The zero-order valence-corrected chi connectivity index (χ0v) is 15.1. The van der Waals surface area contributed by atoms with E-state index in [1.807, 2.05) is 12.1 Å². The molecular formula is C19H24O4S. The van der Waals surface area contributed by atoms with Gasteiger partial charge < -0.3 is 4.18 Å². The molecule has 0 N–H and O–H groups in total. The number of hydrogen-bond donors (Lipinski definition) is 0. The van der Waals surface area contributed by atoms with Crippen molar-refractivity contribution in [1.29, 1.82) is 0 Å². The summed E-state index contributed by atoms with van der Waals surface area (Å²) in [4.78, 5) is 12.4. The van der Waals surface area contributed by atoms with Crippen molar-refractivity contribution < 1.29 is 17.4 Å². The molecule has 3 aliphatic rings. The largest absolute Gasteiger partial charge is 0.383 e. The fourth-order valence-corrected chi connectivity index (χ4v) is 6.01. The topological polar surface area (TPSA) is 60.4 Å². The first-order valence-corrected chi connectivity index (χ1v) is 10.7. The molecule has 1 aromatic rings. The Morgan fingerprint density at radius 2 is 1.96 bits per heavy atom. The first-order valence-electron chi connectivity index (χ1n) is 8.83. The minimum Gasteiger partial charge on any atom is -0.383 e. The molecule has 3 aliphatic carbocycles. The summed E-state index contributed by atoms with van der Waals surface area (Å²) in [5.41, 5.74) is 2.46. The highest BCUT2D eigenvalue weighted by atomic mass is 32.2. The average Bonchev–Trinajstić information content (AvgIpc) is 2.81. The maximum Gasteiger partial charge on any atom is 0.306 e. The van der Waals surface area contributed by atoms with Crippen molar-refractivity contribution in [1.82, 2.24) is 0 Å². The van der Waals surface area contributed by atoms with Gasteiger partial charge in [0.05, 0.1) is 6.26 Å². The number of aryl methyl sites for hydroxylation is 1. The molecular weight excluding hydrogens is 324 g/mol. The first-order chi connectivity index (χ1) is 11.3. The third kappa shape index (κ3) is 2.48. The van der Waals surface area contributed by atoms with Crippen molar-refractivity contribution in [2.75, 3.05) is 6.26 Å². The predicted molar refractivity (Wildman–Crippen MR) is 91.5 cm³/mol. The molecule has 1 aromatic carbocycles. The molecule has 0 saturated heterocycles. The molecule has 0 heterocycles. The molecule has 0 unspecified atom stereocenters. The molecule has 0 spiro atoms. The number of carbonyl (C=O) groups is 1. The van der Waals surface area contributed by atoms with Crippen LogP contribution >= 0.6 is 0 Å². The van der Waals surface area contributed by atoms with Crippen LogP contribution in [0, 0.1) is 17.3 Å². The fourth-order valence-electron chi connectivity index (χ4n) is 5.56. The minimum absolute atomic E-state index is 0.0992. The SMILES string of the molecule is C[C@@]12CC[C@H]3c4ccc(OS(C)(=O)=O)cc4CC[C@@H]3[C@@H]1CCC2=O. The molecule has 0 aliphatic heterocycles. The maximum atomic E-state index is 12.4. The van der Waals surface area contributed by atoms with E-state index in [4.69, 9.17) is 4.18 Å². The second kappa shape index (κ2) is 5.32. The lowest BCUT2D eigenvalue weighted by Crippen LogP contribution is -2.42. The van der Waals surface area contributed by atoms with Crippen molar-refractivity contribution in [3.8, 4) is 5.75 Å². The van der Waals surface area contributed by atoms with Crippen LogP contribution in [0.2, 0.25) is 0 Å². The highest BCUT2D eigenvalue weighted by Gasteiger charge is 2.54. The molecule has 4 nitrogen and oxygen atoms in total. The van der Waals surface area contributed by atoms with Crippen LogP contribution in [0.4, 0.5) is 0 Å². The van der Waals surface area contributed by atoms with E-state index in [1.54, 1.807) is 6.07 Å². The van der Waals surface area contributed by atoms with Crippen LogP contribution in [0.3, 0.4) is 0 Å². The van der Waals surface area contributed by atoms with E-state index in [9.17, 15) is 13.2 Å². The van der Waals surface area contributed by atoms with Crippen LogP contribution in [0.1, 0.15) is 56.1 Å². The van der Waals surface area contributed by atoms with Gasteiger partial charge in [-0.15, -0.1) is 0 Å². The van der Waals surface area contributed by atoms with Crippen LogP contribution in [-0.4, -0.2) is 20.5 Å². The maximum absolute atomic E-state index is 12.4. The summed E-state index contributed by atoms with van der Waals surface area (Å²) < 4.78 is 27.7. The van der Waals surface area contributed by atoms with Crippen LogP contribution in [-0.2, 0) is 21.3 Å². The molecule has 0 bridgehead atoms. The molecule has 2 saturated carbocycles. The van der Waals surface area contributed by atoms with E-state index in [0.717, 1.165) is 44.8 Å². The number of hydrogen-bond acceptors (Lipinski definition) is 4. The molecule has 0 aromatic heterocycles. The number of rotatable bonds is 2. The standard InChI is InChI=1S/C19H24O4S/c1-19-10-9-15-14-6-4-13(23-24(2,21)22)11-12(14)3-5-16(15)17(19)7-8-18(19)20/h4,6,11,15-17H,3,5,7-10H2,1-2H3/t15-,16-,17-,19+/m0/s1. The van der Waals surface area contributed by atoms with Gasteiger partial charge in [0.1, 0.15) is 11.5 Å². The molecule has 24 heavy (non-hydrogen) atoms. The lowest BCUT2D eigenvalue weighted by molar-refractivity contribution is -0.129. The van der Waals surface area contributed by atoms with E-state index >= 15 is 0 Å². The van der Waals surface area contributed by atoms with E-state index in [2.05, 4.69) is 6.92 Å². The quantitative estimate of drug-likeness (QED) is 0.768. The van der Waals surface area contributed by atoms with Gasteiger partial charge in [-0.2, -0.15) is 8.42 Å². The van der Waals surface area contributed by atoms with Gasteiger partial charge in [0.25, 0.3) is 0 Å². The number of benzene rings is 1. The first kappa shape index (κ1) is 16.1. The second-order valence-corrected chi connectivity index (χ2v) is 9.56. The summed E-state index contributed by atoms with van der Waals surface area (Å²) in [5, 5.41) is 0. The number of carbonyl (C=O) groups excluding carboxylic acids is 1. The molecule has 0 radical (unpaired) electrons. The molecule has 2 fully saturated rings. The Morgan fingerprint density at radius 3 is 2.71 bits per heavy atom. The van der Waals surface area contributed by atoms with Crippen LogP contribution in [0.5, 0.6) is 5.75 Å². The highest BCUT2D eigenvalue weighted by Crippen LogP contribution is 2.59. The summed E-state index contributed by atoms with van der Waals surface area (Å²) >= 11 is 0. The summed E-state index contributed by atoms with van der Waals surface area (Å²) in [6, 6.07) is 5.71. The third-order valence-electron chi connectivity index (χ3n) is 6.65. The van der Waals surface area contributed by atoms with Gasteiger partial charge in [0.2, 0.25) is 0 Å². The van der Waals surface area contributed by atoms with Gasteiger partial charge >= 0.3 is 10.1 Å². The molecule has 4 rings (SSSR count). The Bertz CT molecular complexity index is 798. The summed E-state index contributed by atoms with van der Waals surface area (Å²) in [6.45, 7) is 2.18. The van der Waals surface area contributed by atoms with Crippen molar-refractivity contribution >= 4 is 15.9 Å². The van der Waals surface area contributed by atoms with Crippen molar-refractivity contribution in [3.05, 3.63) is 29.3 Å². The Morgan fingerprint density at radius 1 is 1.17 bits per heavy atom. The van der Waals surface area contributed by atoms with Crippen LogP contribution in [0.25, 0.3) is 0 Å². The van der Waals surface area contributed by atoms with E-state index in [0.29, 0.717) is 29.3 Å².